The van der Waals surface area contributed by atoms with Crippen LogP contribution in [0.3, 0.4) is 0 Å². The summed E-state index contributed by atoms with van der Waals surface area (Å²) in [6.45, 7) is 0. The van der Waals surface area contributed by atoms with Crippen molar-refractivity contribution in [3.63, 3.8) is 0 Å². The maximum atomic E-state index is 5.71. The maximum Gasteiger partial charge on any atom is 0.179 e. The Labute approximate surface area is 102 Å². The molecular formula is C16H14O. The lowest BCUT2D eigenvalue weighted by Gasteiger charge is -2.28. The SMILES string of the molecule is C#CC(OC)(c1ccccc1)c1ccccc1. The molecule has 0 amide bonds. The summed E-state index contributed by atoms with van der Waals surface area (Å²) in [5, 5.41) is 0. The molecule has 0 unspecified atom stereocenters. The van der Waals surface area contributed by atoms with E-state index in [2.05, 4.69) is 5.92 Å². The molecule has 1 nitrogen and oxygen atoms in total. The van der Waals surface area contributed by atoms with E-state index < -0.39 is 5.60 Å². The standard InChI is InChI=1S/C16H14O/c1-3-16(17-2,14-10-6-4-7-11-14)15-12-8-5-9-13-15/h1,4-13H,2H3. The molecule has 0 atom stereocenters. The summed E-state index contributed by atoms with van der Waals surface area (Å²) < 4.78 is 5.62. The van der Waals surface area contributed by atoms with E-state index in [0.717, 1.165) is 11.1 Å². The fourth-order valence-electron chi connectivity index (χ4n) is 1.97. The van der Waals surface area contributed by atoms with Gasteiger partial charge >= 0.3 is 0 Å². The van der Waals surface area contributed by atoms with E-state index in [9.17, 15) is 0 Å². The summed E-state index contributed by atoms with van der Waals surface area (Å²) in [7, 11) is 1.64. The van der Waals surface area contributed by atoms with Gasteiger partial charge in [-0.2, -0.15) is 0 Å². The number of terminal acetylenes is 1. The van der Waals surface area contributed by atoms with Gasteiger partial charge < -0.3 is 4.74 Å². The van der Waals surface area contributed by atoms with Crippen molar-refractivity contribution in [2.45, 2.75) is 5.60 Å². The van der Waals surface area contributed by atoms with Crippen LogP contribution in [0.4, 0.5) is 0 Å². The Bertz CT molecular complexity index is 469. The number of hydrogen-bond acceptors (Lipinski definition) is 1. The number of rotatable bonds is 3. The highest BCUT2D eigenvalue weighted by atomic mass is 16.5. The van der Waals surface area contributed by atoms with Crippen molar-refractivity contribution in [2.24, 2.45) is 0 Å². The summed E-state index contributed by atoms with van der Waals surface area (Å²) in [5.74, 6) is 2.78. The fraction of sp³-hybridized carbons (Fsp3) is 0.125. The normalized spacial score (nSPS) is 10.8. The van der Waals surface area contributed by atoms with Crippen molar-refractivity contribution >= 4 is 0 Å². The largest absolute Gasteiger partial charge is 0.357 e. The third-order valence-corrected chi connectivity index (χ3v) is 2.87. The van der Waals surface area contributed by atoms with Crippen LogP contribution in [-0.4, -0.2) is 7.11 Å². The second-order valence-electron chi connectivity index (χ2n) is 3.76. The highest BCUT2D eigenvalue weighted by molar-refractivity contribution is 5.43. The molecule has 1 heteroatoms. The van der Waals surface area contributed by atoms with E-state index in [4.69, 9.17) is 11.2 Å². The first-order chi connectivity index (χ1) is 8.33. The lowest BCUT2D eigenvalue weighted by atomic mass is 9.87. The van der Waals surface area contributed by atoms with Crippen LogP contribution in [-0.2, 0) is 10.3 Å². The van der Waals surface area contributed by atoms with Gasteiger partial charge in [-0.3, -0.25) is 0 Å². The molecule has 0 bridgehead atoms. The Morgan fingerprint density at radius 2 is 1.29 bits per heavy atom. The lowest BCUT2D eigenvalue weighted by Crippen LogP contribution is -2.27. The van der Waals surface area contributed by atoms with Gasteiger partial charge in [0.15, 0.2) is 5.60 Å². The van der Waals surface area contributed by atoms with Crippen LogP contribution in [0.15, 0.2) is 60.7 Å². The third-order valence-electron chi connectivity index (χ3n) is 2.87. The first-order valence-corrected chi connectivity index (χ1v) is 5.47. The molecule has 0 aliphatic carbocycles. The molecule has 0 fully saturated rings. The van der Waals surface area contributed by atoms with Crippen LogP contribution < -0.4 is 0 Å². The van der Waals surface area contributed by atoms with Gasteiger partial charge in [-0.1, -0.05) is 66.6 Å². The van der Waals surface area contributed by atoms with Crippen molar-refractivity contribution in [1.29, 1.82) is 0 Å². The van der Waals surface area contributed by atoms with E-state index >= 15 is 0 Å². The van der Waals surface area contributed by atoms with Gasteiger partial charge in [0.1, 0.15) is 0 Å². The lowest BCUT2D eigenvalue weighted by molar-refractivity contribution is 0.0744. The van der Waals surface area contributed by atoms with Crippen LogP contribution in [0.1, 0.15) is 11.1 Å². The summed E-state index contributed by atoms with van der Waals surface area (Å²) >= 11 is 0. The average molecular weight is 222 g/mol. The van der Waals surface area contributed by atoms with Crippen molar-refractivity contribution in [1.82, 2.24) is 0 Å². The quantitative estimate of drug-likeness (QED) is 0.725. The van der Waals surface area contributed by atoms with Crippen LogP contribution in [0.2, 0.25) is 0 Å². The monoisotopic (exact) mass is 222 g/mol. The van der Waals surface area contributed by atoms with Crippen molar-refractivity contribution in [2.75, 3.05) is 7.11 Å². The fourth-order valence-corrected chi connectivity index (χ4v) is 1.97. The van der Waals surface area contributed by atoms with E-state index in [1.165, 1.54) is 0 Å². The molecule has 17 heavy (non-hydrogen) atoms. The van der Waals surface area contributed by atoms with Gasteiger partial charge in [0.25, 0.3) is 0 Å². The summed E-state index contributed by atoms with van der Waals surface area (Å²) in [5.41, 5.74) is 1.13. The molecule has 0 aliphatic rings. The van der Waals surface area contributed by atoms with Crippen molar-refractivity contribution in [3.8, 4) is 12.3 Å². The minimum Gasteiger partial charge on any atom is -0.357 e. The van der Waals surface area contributed by atoms with E-state index in [1.54, 1.807) is 7.11 Å². The molecule has 0 spiro atoms. The molecule has 0 aliphatic heterocycles. The minimum atomic E-state index is -0.803. The van der Waals surface area contributed by atoms with Crippen molar-refractivity contribution in [3.05, 3.63) is 71.8 Å². The molecule has 2 aromatic carbocycles. The van der Waals surface area contributed by atoms with Crippen LogP contribution in [0.25, 0.3) is 0 Å². The first kappa shape index (κ1) is 11.4. The topological polar surface area (TPSA) is 9.23 Å². The molecule has 84 valence electrons. The van der Waals surface area contributed by atoms with Crippen LogP contribution in [0, 0.1) is 12.3 Å². The molecular weight excluding hydrogens is 208 g/mol. The molecule has 0 heterocycles. The van der Waals surface area contributed by atoms with Gasteiger partial charge in [0, 0.05) is 18.2 Å². The number of methoxy groups -OCH3 is 1. The highest BCUT2D eigenvalue weighted by Gasteiger charge is 2.31. The molecule has 0 N–H and O–H groups in total. The van der Waals surface area contributed by atoms with Crippen LogP contribution in [0.5, 0.6) is 0 Å². The predicted molar refractivity (Wildman–Crippen MR) is 69.5 cm³/mol. The maximum absolute atomic E-state index is 5.71. The zero-order valence-electron chi connectivity index (χ0n) is 9.76. The van der Waals surface area contributed by atoms with Crippen molar-refractivity contribution < 1.29 is 4.74 Å². The summed E-state index contributed by atoms with van der Waals surface area (Å²) in [6, 6.07) is 19.7. The van der Waals surface area contributed by atoms with E-state index in [-0.39, 0.29) is 0 Å². The first-order valence-electron chi connectivity index (χ1n) is 5.47. The smallest absolute Gasteiger partial charge is 0.179 e. The Morgan fingerprint density at radius 1 is 0.882 bits per heavy atom. The summed E-state index contributed by atoms with van der Waals surface area (Å²) in [4.78, 5) is 0. The average Bonchev–Trinajstić information content (AvgIpc) is 2.43. The molecule has 0 saturated carbocycles. The van der Waals surface area contributed by atoms with Gasteiger partial charge in [0.2, 0.25) is 0 Å². The number of ether oxygens (including phenoxy) is 1. The molecule has 2 aromatic rings. The third kappa shape index (κ3) is 1.95. The summed E-state index contributed by atoms with van der Waals surface area (Å²) in [6.07, 6.45) is 5.71. The molecule has 0 saturated heterocycles. The van der Waals surface area contributed by atoms with E-state index in [1.807, 2.05) is 60.7 Å². The zero-order chi connectivity index (χ0) is 12.1. The molecule has 0 radical (unpaired) electrons. The number of benzene rings is 2. The van der Waals surface area contributed by atoms with Gasteiger partial charge in [-0.15, -0.1) is 6.42 Å². The highest BCUT2D eigenvalue weighted by Crippen LogP contribution is 2.32. The number of hydrogen-bond donors (Lipinski definition) is 0. The zero-order valence-corrected chi connectivity index (χ0v) is 9.76. The van der Waals surface area contributed by atoms with Gasteiger partial charge in [0.05, 0.1) is 0 Å². The van der Waals surface area contributed by atoms with Gasteiger partial charge in [-0.25, -0.2) is 0 Å². The Balaban J connectivity index is 2.60. The second kappa shape index (κ2) is 4.86. The Hall–Kier alpha value is -2.04. The Kier molecular flexibility index (Phi) is 3.27. The minimum absolute atomic E-state index is 0.803. The molecule has 2 rings (SSSR count). The molecule has 0 aromatic heterocycles. The predicted octanol–water partition coefficient (Wildman–Crippen LogP) is 3.21. The Morgan fingerprint density at radius 3 is 1.59 bits per heavy atom. The second-order valence-corrected chi connectivity index (χ2v) is 3.76. The van der Waals surface area contributed by atoms with E-state index in [0.29, 0.717) is 0 Å². The van der Waals surface area contributed by atoms with Crippen LogP contribution >= 0.6 is 0 Å². The van der Waals surface area contributed by atoms with Gasteiger partial charge in [-0.05, 0) is 0 Å².